The zero-order chi connectivity index (χ0) is 45.4. The number of ketones is 1. The van der Waals surface area contributed by atoms with E-state index < -0.39 is 30.7 Å². The van der Waals surface area contributed by atoms with Crippen LogP contribution >= 0.6 is 0 Å². The topological polar surface area (TPSA) is 142 Å². The zero-order valence-corrected chi connectivity index (χ0v) is 39.6. The van der Waals surface area contributed by atoms with Crippen molar-refractivity contribution in [3.8, 4) is 11.3 Å². The van der Waals surface area contributed by atoms with Gasteiger partial charge in [-0.2, -0.15) is 0 Å². The van der Waals surface area contributed by atoms with Crippen LogP contribution in [-0.2, 0) is 47.5 Å². The number of aromatic nitrogens is 3. The van der Waals surface area contributed by atoms with Gasteiger partial charge in [-0.25, -0.2) is 4.68 Å². The standard InChI is InChI=1S/C50H72N4O10/c1-11-32-16-13-17-43(64-45-19-18-41(53(6)7)29(4)60-45)28(3)46(56)39-23-35-34-21-33(63-50-49(59-10)48(58-9)47(57-8)30(5)61-50)22-38(34)42(24-36(35)37(39)25-44(55)62-32)54-26-40(51-52-54)31-15-12-14-27(2)20-31/h12,14-15,20,23-24,26,28-30,32-38,41,43,45,47-50H,11,13,16-19,21-22,25H2,1-10H3/t28-,29?,30?,32+,33+,34+,35+,36-,37+,38-,41+,43+,45+,47+,48?,49?,50+/m1/s1. The number of rotatable bonds is 11. The van der Waals surface area contributed by atoms with Gasteiger partial charge in [0.05, 0.1) is 37.0 Å². The Morgan fingerprint density at radius 3 is 2.34 bits per heavy atom. The molecule has 4 unspecified atom stereocenters. The Morgan fingerprint density at radius 1 is 0.859 bits per heavy atom. The highest BCUT2D eigenvalue weighted by atomic mass is 16.7. The van der Waals surface area contributed by atoms with E-state index in [9.17, 15) is 4.79 Å². The van der Waals surface area contributed by atoms with E-state index in [2.05, 4.69) is 69.1 Å². The normalized spacial score (nSPS) is 39.5. The highest BCUT2D eigenvalue weighted by Crippen LogP contribution is 2.57. The third-order valence-corrected chi connectivity index (χ3v) is 15.4. The number of nitrogens with zero attached hydrogens (tertiary/aromatic N) is 4. The molecule has 4 heterocycles. The minimum atomic E-state index is -0.688. The number of carbonyl (C=O) groups excluding carboxylic acids is 2. The number of cyclic esters (lactones) is 1. The van der Waals surface area contributed by atoms with Crippen LogP contribution in [0.25, 0.3) is 17.0 Å². The van der Waals surface area contributed by atoms with Gasteiger partial charge in [0.1, 0.15) is 30.1 Å². The number of aryl methyl sites for hydroxylation is 1. The number of ether oxygens (including phenoxy) is 8. The van der Waals surface area contributed by atoms with Crippen molar-refractivity contribution in [1.29, 1.82) is 0 Å². The zero-order valence-electron chi connectivity index (χ0n) is 39.6. The molecule has 0 radical (unpaired) electrons. The Balaban J connectivity index is 1.13. The van der Waals surface area contributed by atoms with E-state index in [0.29, 0.717) is 37.3 Å². The summed E-state index contributed by atoms with van der Waals surface area (Å²) in [6, 6.07) is 8.56. The van der Waals surface area contributed by atoms with Crippen molar-refractivity contribution in [2.45, 2.75) is 160 Å². The molecule has 64 heavy (non-hydrogen) atoms. The molecule has 8 rings (SSSR count). The Morgan fingerprint density at radius 2 is 1.64 bits per heavy atom. The van der Waals surface area contributed by atoms with Crippen LogP contribution in [0, 0.1) is 42.4 Å². The lowest BCUT2D eigenvalue weighted by atomic mass is 9.69. The van der Waals surface area contributed by atoms with E-state index in [1.54, 1.807) is 21.3 Å². The maximum Gasteiger partial charge on any atom is 0.306 e. The molecule has 1 aromatic carbocycles. The molecule has 17 atom stereocenters. The number of fused-ring (bicyclic) bond motifs is 5. The molecule has 14 heteroatoms. The SMILES string of the molecule is CC[C@H]1CCC[C@H](O[C@H]2CC[C@H](N(C)C)C(C)O2)[C@@H](C)C(=O)C2=C[C@@H]3[C@@H](C=C(n4cc(-c5cccc(C)c5)nn4)[C@@H]4C[C@@H](O[C@@H]5OC(C)[C@H](OC)C(OC)C5OC)C[C@@H]34)[C@@H]2CC(=O)O1. The highest BCUT2D eigenvalue weighted by Gasteiger charge is 2.55. The van der Waals surface area contributed by atoms with E-state index in [-0.39, 0.29) is 84.4 Å². The van der Waals surface area contributed by atoms with Gasteiger partial charge in [0, 0.05) is 56.4 Å². The summed E-state index contributed by atoms with van der Waals surface area (Å²) in [7, 11) is 9.13. The van der Waals surface area contributed by atoms with E-state index >= 15 is 4.79 Å². The molecule has 0 spiro atoms. The van der Waals surface area contributed by atoms with Gasteiger partial charge in [-0.15, -0.1) is 5.10 Å². The molecule has 0 amide bonds. The van der Waals surface area contributed by atoms with Crippen molar-refractivity contribution in [3.63, 3.8) is 0 Å². The highest BCUT2D eigenvalue weighted by molar-refractivity contribution is 5.99. The molecule has 0 bridgehead atoms. The van der Waals surface area contributed by atoms with E-state index in [4.69, 9.17) is 43.1 Å². The predicted octanol–water partition coefficient (Wildman–Crippen LogP) is 7.04. The maximum atomic E-state index is 15.2. The summed E-state index contributed by atoms with van der Waals surface area (Å²) in [5.74, 6) is -1.17. The van der Waals surface area contributed by atoms with Gasteiger partial charge in [0.15, 0.2) is 18.4 Å². The second kappa shape index (κ2) is 20.3. The molecule has 3 aliphatic carbocycles. The van der Waals surface area contributed by atoms with Gasteiger partial charge < -0.3 is 42.8 Å². The average molecular weight is 889 g/mol. The summed E-state index contributed by atoms with van der Waals surface area (Å²) in [6.45, 7) is 10.2. The third-order valence-electron chi connectivity index (χ3n) is 15.4. The van der Waals surface area contributed by atoms with Gasteiger partial charge in [0.25, 0.3) is 0 Å². The Bertz CT molecular complexity index is 2000. The van der Waals surface area contributed by atoms with E-state index in [1.807, 2.05) is 36.9 Å². The monoisotopic (exact) mass is 889 g/mol. The van der Waals surface area contributed by atoms with Crippen LogP contribution in [0.1, 0.15) is 91.0 Å². The van der Waals surface area contributed by atoms with Crippen LogP contribution in [0.2, 0.25) is 0 Å². The number of allylic oxidation sites excluding steroid dienone is 4. The van der Waals surface area contributed by atoms with E-state index in [0.717, 1.165) is 48.2 Å². The second-order valence-corrected chi connectivity index (χ2v) is 19.6. The summed E-state index contributed by atoms with van der Waals surface area (Å²) in [6.07, 6.45) is 9.20. The number of esters is 1. The summed E-state index contributed by atoms with van der Waals surface area (Å²) >= 11 is 0. The van der Waals surface area contributed by atoms with Crippen LogP contribution < -0.4 is 0 Å². The van der Waals surface area contributed by atoms with Crippen molar-refractivity contribution < 1.29 is 47.5 Å². The molecule has 3 aliphatic heterocycles. The first-order valence-corrected chi connectivity index (χ1v) is 23.9. The lowest BCUT2D eigenvalue weighted by Gasteiger charge is -2.44. The largest absolute Gasteiger partial charge is 0.462 e. The molecular weight excluding hydrogens is 817 g/mol. The lowest BCUT2D eigenvalue weighted by Crippen LogP contribution is -2.59. The summed E-state index contributed by atoms with van der Waals surface area (Å²) in [5, 5.41) is 9.41. The Labute approximate surface area is 379 Å². The maximum absolute atomic E-state index is 15.2. The van der Waals surface area contributed by atoms with Gasteiger partial charge in [-0.1, -0.05) is 55.0 Å². The summed E-state index contributed by atoms with van der Waals surface area (Å²) in [4.78, 5) is 31.4. The van der Waals surface area contributed by atoms with Gasteiger partial charge in [-0.05, 0) is 116 Å². The van der Waals surface area contributed by atoms with Crippen molar-refractivity contribution in [2.75, 3.05) is 35.4 Å². The number of benzene rings is 1. The number of carbonyl (C=O) groups is 2. The molecule has 2 aromatic rings. The molecule has 14 nitrogen and oxygen atoms in total. The van der Waals surface area contributed by atoms with Crippen molar-refractivity contribution >= 4 is 17.4 Å². The summed E-state index contributed by atoms with van der Waals surface area (Å²) in [5.41, 5.74) is 4.60. The fraction of sp³-hybridized carbons (Fsp3) is 0.720. The summed E-state index contributed by atoms with van der Waals surface area (Å²) < 4.78 is 52.5. The molecule has 0 N–H and O–H groups in total. The quantitative estimate of drug-likeness (QED) is 0.213. The second-order valence-electron chi connectivity index (χ2n) is 19.6. The molecule has 1 aromatic heterocycles. The van der Waals surface area contributed by atoms with Gasteiger partial charge >= 0.3 is 5.97 Å². The van der Waals surface area contributed by atoms with Crippen molar-refractivity contribution in [1.82, 2.24) is 19.9 Å². The molecule has 3 saturated heterocycles. The molecule has 352 valence electrons. The fourth-order valence-corrected chi connectivity index (χ4v) is 12.1. The first kappa shape index (κ1) is 47.2. The Kier molecular flexibility index (Phi) is 14.9. The average Bonchev–Trinajstić information content (AvgIpc) is 4.02. The van der Waals surface area contributed by atoms with Crippen molar-refractivity contribution in [2.24, 2.45) is 35.5 Å². The lowest BCUT2D eigenvalue weighted by molar-refractivity contribution is -0.314. The predicted molar refractivity (Wildman–Crippen MR) is 240 cm³/mol. The molecule has 6 aliphatic rings. The van der Waals surface area contributed by atoms with Crippen LogP contribution in [0.3, 0.4) is 0 Å². The molecule has 4 fully saturated rings. The minimum Gasteiger partial charge on any atom is -0.462 e. The number of likely N-dealkylation sites (N-methyl/N-ethyl adjacent to an activating group) is 1. The van der Waals surface area contributed by atoms with Crippen LogP contribution in [0.15, 0.2) is 48.2 Å². The number of Topliss-reactive ketones (excluding diaryl/α,β-unsaturated/α-hetero) is 1. The van der Waals surface area contributed by atoms with Crippen LogP contribution in [-0.4, -0.2) is 135 Å². The smallest absolute Gasteiger partial charge is 0.306 e. The van der Waals surface area contributed by atoms with Crippen LogP contribution in [0.5, 0.6) is 0 Å². The first-order valence-electron chi connectivity index (χ1n) is 23.9. The first-order chi connectivity index (χ1) is 30.8. The van der Waals surface area contributed by atoms with Crippen LogP contribution in [0.4, 0.5) is 0 Å². The van der Waals surface area contributed by atoms with Gasteiger partial charge in [0.2, 0.25) is 0 Å². The molecular formula is C50H72N4O10. The molecule has 1 saturated carbocycles. The number of methoxy groups -OCH3 is 3. The van der Waals surface area contributed by atoms with Gasteiger partial charge in [-0.3, -0.25) is 9.59 Å². The fourth-order valence-electron chi connectivity index (χ4n) is 12.1. The van der Waals surface area contributed by atoms with E-state index in [1.165, 1.54) is 0 Å². The Hall–Kier alpha value is -3.34. The third kappa shape index (κ3) is 9.58. The van der Waals surface area contributed by atoms with Crippen molar-refractivity contribution in [3.05, 3.63) is 53.8 Å². The number of hydrogen-bond donors (Lipinski definition) is 0. The number of hydrogen-bond acceptors (Lipinski definition) is 13. The minimum absolute atomic E-state index is 0.00287.